The van der Waals surface area contributed by atoms with Crippen LogP contribution in [0.5, 0.6) is 0 Å². The second-order valence-electron chi connectivity index (χ2n) is 5.68. The van der Waals surface area contributed by atoms with Gasteiger partial charge in [0.1, 0.15) is 5.92 Å². The maximum atomic E-state index is 12.3. The second kappa shape index (κ2) is 6.84. The molecule has 1 N–H and O–H groups in total. The topological polar surface area (TPSA) is 63.6 Å². The highest BCUT2D eigenvalue weighted by Crippen LogP contribution is 2.34. The molecule has 4 heteroatoms. The molecule has 0 bridgehead atoms. The van der Waals surface area contributed by atoms with Gasteiger partial charge in [-0.1, -0.05) is 39.0 Å². The molecule has 0 saturated heterocycles. The molecule has 112 valence electrons. The summed E-state index contributed by atoms with van der Waals surface area (Å²) in [7, 11) is 0. The predicted octanol–water partition coefficient (Wildman–Crippen LogP) is 2.42. The molecule has 0 aliphatic heterocycles. The summed E-state index contributed by atoms with van der Waals surface area (Å²) in [5, 5.41) is 10.8. The van der Waals surface area contributed by atoms with E-state index in [1.54, 1.807) is 25.2 Å². The van der Waals surface area contributed by atoms with E-state index < -0.39 is 17.5 Å². The zero-order valence-electron chi connectivity index (χ0n) is 12.7. The van der Waals surface area contributed by atoms with Crippen molar-refractivity contribution in [3.05, 3.63) is 23.8 Å². The quantitative estimate of drug-likeness (QED) is 0.759. The maximum absolute atomic E-state index is 12.3. The number of ketones is 1. The molecule has 0 aromatic rings. The van der Waals surface area contributed by atoms with Crippen LogP contribution in [0.15, 0.2) is 23.8 Å². The van der Waals surface area contributed by atoms with Crippen LogP contribution in [0, 0.1) is 11.8 Å². The molecule has 4 nitrogen and oxygen atoms in total. The van der Waals surface area contributed by atoms with Gasteiger partial charge in [-0.3, -0.25) is 9.59 Å². The van der Waals surface area contributed by atoms with Crippen molar-refractivity contribution < 1.29 is 19.4 Å². The number of esters is 1. The molecule has 0 radical (unpaired) electrons. The van der Waals surface area contributed by atoms with Crippen molar-refractivity contribution in [3.8, 4) is 0 Å². The first-order valence-corrected chi connectivity index (χ1v) is 7.11. The number of rotatable bonds is 6. The van der Waals surface area contributed by atoms with Crippen molar-refractivity contribution in [1.29, 1.82) is 0 Å². The second-order valence-corrected chi connectivity index (χ2v) is 5.68. The Balaban J connectivity index is 2.97. The van der Waals surface area contributed by atoms with Gasteiger partial charge in [-0.05, 0) is 24.8 Å². The van der Waals surface area contributed by atoms with Crippen LogP contribution in [0.25, 0.3) is 0 Å². The number of carbonyl (C=O) groups excluding carboxylic acids is 2. The van der Waals surface area contributed by atoms with Gasteiger partial charge in [-0.15, -0.1) is 0 Å². The summed E-state index contributed by atoms with van der Waals surface area (Å²) in [6.45, 7) is 7.68. The summed E-state index contributed by atoms with van der Waals surface area (Å²) in [5.41, 5.74) is -1.27. The lowest BCUT2D eigenvalue weighted by Crippen LogP contribution is -2.51. The molecule has 0 fully saturated rings. The fourth-order valence-electron chi connectivity index (χ4n) is 2.22. The predicted molar refractivity (Wildman–Crippen MR) is 77.0 cm³/mol. The van der Waals surface area contributed by atoms with E-state index >= 15 is 0 Å². The summed E-state index contributed by atoms with van der Waals surface area (Å²) in [6, 6.07) is 0. The van der Waals surface area contributed by atoms with Crippen LogP contribution < -0.4 is 0 Å². The van der Waals surface area contributed by atoms with Crippen LogP contribution >= 0.6 is 0 Å². The third kappa shape index (κ3) is 3.37. The van der Waals surface area contributed by atoms with Crippen molar-refractivity contribution in [1.82, 2.24) is 0 Å². The Bertz CT molecular complexity index is 434. The van der Waals surface area contributed by atoms with E-state index in [4.69, 9.17) is 4.74 Å². The van der Waals surface area contributed by atoms with Gasteiger partial charge in [0.25, 0.3) is 0 Å². The molecule has 0 aromatic carbocycles. The molecule has 1 aliphatic rings. The Hall–Kier alpha value is -1.42. The molecule has 20 heavy (non-hydrogen) atoms. The smallest absolute Gasteiger partial charge is 0.316 e. The average molecular weight is 280 g/mol. The van der Waals surface area contributed by atoms with Crippen LogP contribution in [0.2, 0.25) is 0 Å². The fraction of sp³-hybridized carbons (Fsp3) is 0.625. The normalized spacial score (nSPS) is 25.5. The third-order valence-electron chi connectivity index (χ3n) is 3.42. The number of allylic oxidation sites excluding steroid dienone is 2. The molecule has 1 rings (SSSR count). The standard InChI is InChI=1S/C16H24O4/c1-5-7-14(17)16(19)12(4)8-6-9-13(16)15(18)20-10-11(2)3/h6,8-9,11,13,19H,5,7,10H2,1-4H3. The molecule has 0 saturated carbocycles. The van der Waals surface area contributed by atoms with E-state index in [0.717, 1.165) is 0 Å². The van der Waals surface area contributed by atoms with Gasteiger partial charge in [0.15, 0.2) is 11.4 Å². The number of carbonyl (C=O) groups is 2. The van der Waals surface area contributed by atoms with E-state index in [1.165, 1.54) is 0 Å². The van der Waals surface area contributed by atoms with Gasteiger partial charge in [0, 0.05) is 6.42 Å². The number of hydrogen-bond acceptors (Lipinski definition) is 4. The summed E-state index contributed by atoms with van der Waals surface area (Å²) in [6.07, 6.45) is 5.77. The minimum Gasteiger partial charge on any atom is -0.465 e. The molecular weight excluding hydrogens is 256 g/mol. The summed E-state index contributed by atoms with van der Waals surface area (Å²) in [4.78, 5) is 24.4. The molecule has 0 heterocycles. The summed E-state index contributed by atoms with van der Waals surface area (Å²) >= 11 is 0. The number of ether oxygens (including phenoxy) is 1. The highest BCUT2D eigenvalue weighted by molar-refractivity contribution is 5.96. The minimum atomic E-state index is -1.77. The van der Waals surface area contributed by atoms with Gasteiger partial charge in [-0.25, -0.2) is 0 Å². The van der Waals surface area contributed by atoms with Crippen LogP contribution in [0.3, 0.4) is 0 Å². The summed E-state index contributed by atoms with van der Waals surface area (Å²) in [5.74, 6) is -1.62. The van der Waals surface area contributed by atoms with Crippen LogP contribution in [0.1, 0.15) is 40.5 Å². The molecule has 1 aliphatic carbocycles. The number of hydrogen-bond donors (Lipinski definition) is 1. The van der Waals surface area contributed by atoms with Crippen molar-refractivity contribution in [2.45, 2.75) is 46.1 Å². The van der Waals surface area contributed by atoms with E-state index in [-0.39, 0.29) is 24.7 Å². The lowest BCUT2D eigenvalue weighted by atomic mass is 9.74. The lowest BCUT2D eigenvalue weighted by Gasteiger charge is -2.34. The zero-order valence-corrected chi connectivity index (χ0v) is 12.7. The van der Waals surface area contributed by atoms with Crippen LogP contribution in [-0.4, -0.2) is 29.1 Å². The Kier molecular flexibility index (Phi) is 5.69. The third-order valence-corrected chi connectivity index (χ3v) is 3.42. The molecule has 0 spiro atoms. The number of Topliss-reactive ketones (excluding diaryl/α,β-unsaturated/α-hetero) is 1. The van der Waals surface area contributed by atoms with Gasteiger partial charge >= 0.3 is 5.97 Å². The molecule has 0 aromatic heterocycles. The first-order chi connectivity index (χ1) is 9.33. The minimum absolute atomic E-state index is 0.211. The van der Waals surface area contributed by atoms with Gasteiger partial charge < -0.3 is 9.84 Å². The highest BCUT2D eigenvalue weighted by Gasteiger charge is 2.48. The van der Waals surface area contributed by atoms with Gasteiger partial charge in [0.05, 0.1) is 6.61 Å². The molecule has 2 unspecified atom stereocenters. The first-order valence-electron chi connectivity index (χ1n) is 7.11. The first kappa shape index (κ1) is 16.6. The largest absolute Gasteiger partial charge is 0.465 e. The van der Waals surface area contributed by atoms with Crippen LogP contribution in [0.4, 0.5) is 0 Å². The average Bonchev–Trinajstić information content (AvgIpc) is 2.39. The lowest BCUT2D eigenvalue weighted by molar-refractivity contribution is -0.160. The SMILES string of the molecule is CCCC(=O)C1(O)C(C)=CC=CC1C(=O)OCC(C)C. The van der Waals surface area contributed by atoms with Crippen LogP contribution in [-0.2, 0) is 14.3 Å². The van der Waals surface area contributed by atoms with Crippen molar-refractivity contribution in [2.24, 2.45) is 11.8 Å². The van der Waals surface area contributed by atoms with Crippen molar-refractivity contribution in [2.75, 3.05) is 6.61 Å². The van der Waals surface area contributed by atoms with E-state index in [1.807, 2.05) is 20.8 Å². The monoisotopic (exact) mass is 280 g/mol. The van der Waals surface area contributed by atoms with Crippen molar-refractivity contribution in [3.63, 3.8) is 0 Å². The zero-order chi connectivity index (χ0) is 15.3. The summed E-state index contributed by atoms with van der Waals surface area (Å²) < 4.78 is 5.19. The molecular formula is C16H24O4. The Labute approximate surface area is 120 Å². The highest BCUT2D eigenvalue weighted by atomic mass is 16.5. The van der Waals surface area contributed by atoms with E-state index in [9.17, 15) is 14.7 Å². The Morgan fingerprint density at radius 3 is 2.65 bits per heavy atom. The van der Waals surface area contributed by atoms with Crippen molar-refractivity contribution >= 4 is 11.8 Å². The van der Waals surface area contributed by atoms with Gasteiger partial charge in [0.2, 0.25) is 0 Å². The Morgan fingerprint density at radius 1 is 1.45 bits per heavy atom. The molecule has 0 amide bonds. The van der Waals surface area contributed by atoms with E-state index in [2.05, 4.69) is 0 Å². The fourth-order valence-corrected chi connectivity index (χ4v) is 2.22. The number of aliphatic hydroxyl groups is 1. The molecule has 2 atom stereocenters. The maximum Gasteiger partial charge on any atom is 0.316 e. The van der Waals surface area contributed by atoms with E-state index in [0.29, 0.717) is 12.0 Å². The Morgan fingerprint density at radius 2 is 2.10 bits per heavy atom. The van der Waals surface area contributed by atoms with Gasteiger partial charge in [-0.2, -0.15) is 0 Å².